The average molecular weight is 269 g/mol. The molecule has 20 heavy (non-hydrogen) atoms. The smallest absolute Gasteiger partial charge is 0.273 e. The van der Waals surface area contributed by atoms with E-state index in [4.69, 9.17) is 10.3 Å². The summed E-state index contributed by atoms with van der Waals surface area (Å²) in [5.41, 5.74) is 7.45. The van der Waals surface area contributed by atoms with Crippen LogP contribution in [-0.4, -0.2) is 17.6 Å². The second-order valence-corrected chi connectivity index (χ2v) is 4.21. The van der Waals surface area contributed by atoms with E-state index in [1.807, 2.05) is 24.3 Å². The first-order chi connectivity index (χ1) is 9.69. The predicted molar refractivity (Wildman–Crippen MR) is 74.8 cm³/mol. The molecule has 0 fully saturated rings. The van der Waals surface area contributed by atoms with Crippen LogP contribution < -0.4 is 11.1 Å². The average Bonchev–Trinajstić information content (AvgIpc) is 2.90. The SMILES string of the molecule is Cc1cc(C(=O)NCc2cccc(C#CCN)c2)no1. The molecule has 1 aromatic carbocycles. The van der Waals surface area contributed by atoms with Crippen molar-refractivity contribution in [2.24, 2.45) is 5.73 Å². The van der Waals surface area contributed by atoms with E-state index in [0.717, 1.165) is 11.1 Å². The van der Waals surface area contributed by atoms with Crippen molar-refractivity contribution >= 4 is 5.91 Å². The number of nitrogens with zero attached hydrogens (tertiary/aromatic N) is 1. The molecular weight excluding hydrogens is 254 g/mol. The monoisotopic (exact) mass is 269 g/mol. The summed E-state index contributed by atoms with van der Waals surface area (Å²) in [7, 11) is 0. The van der Waals surface area contributed by atoms with Crippen molar-refractivity contribution in [1.29, 1.82) is 0 Å². The number of carbonyl (C=O) groups is 1. The number of nitrogens with one attached hydrogen (secondary N) is 1. The van der Waals surface area contributed by atoms with Gasteiger partial charge in [-0.2, -0.15) is 0 Å². The van der Waals surface area contributed by atoms with Gasteiger partial charge in [0.1, 0.15) is 5.76 Å². The largest absolute Gasteiger partial charge is 0.361 e. The zero-order valence-corrected chi connectivity index (χ0v) is 11.1. The van der Waals surface area contributed by atoms with Gasteiger partial charge in [0, 0.05) is 18.2 Å². The van der Waals surface area contributed by atoms with Gasteiger partial charge in [0.05, 0.1) is 6.54 Å². The van der Waals surface area contributed by atoms with Crippen LogP contribution in [0.15, 0.2) is 34.9 Å². The van der Waals surface area contributed by atoms with Gasteiger partial charge in [-0.05, 0) is 24.6 Å². The molecule has 2 rings (SSSR count). The van der Waals surface area contributed by atoms with Crippen LogP contribution in [0.25, 0.3) is 0 Å². The first-order valence-corrected chi connectivity index (χ1v) is 6.18. The Kier molecular flexibility index (Phi) is 4.53. The van der Waals surface area contributed by atoms with Crippen LogP contribution in [0.5, 0.6) is 0 Å². The van der Waals surface area contributed by atoms with E-state index in [9.17, 15) is 4.79 Å². The molecule has 3 N–H and O–H groups in total. The molecule has 0 aliphatic carbocycles. The first kappa shape index (κ1) is 13.8. The van der Waals surface area contributed by atoms with E-state index in [1.54, 1.807) is 13.0 Å². The minimum atomic E-state index is -0.264. The van der Waals surface area contributed by atoms with Crippen molar-refractivity contribution in [2.45, 2.75) is 13.5 Å². The molecule has 5 heteroatoms. The summed E-state index contributed by atoms with van der Waals surface area (Å²) in [6.07, 6.45) is 0. The minimum Gasteiger partial charge on any atom is -0.361 e. The minimum absolute atomic E-state index is 0.264. The maximum Gasteiger partial charge on any atom is 0.273 e. The Hall–Kier alpha value is -2.58. The van der Waals surface area contributed by atoms with E-state index in [1.165, 1.54) is 0 Å². The molecule has 0 bridgehead atoms. The van der Waals surface area contributed by atoms with E-state index in [-0.39, 0.29) is 11.6 Å². The Morgan fingerprint density at radius 3 is 3.00 bits per heavy atom. The van der Waals surface area contributed by atoms with Crippen LogP contribution in [0.3, 0.4) is 0 Å². The second-order valence-electron chi connectivity index (χ2n) is 4.21. The summed E-state index contributed by atoms with van der Waals surface area (Å²) in [6.45, 7) is 2.47. The Morgan fingerprint density at radius 2 is 2.30 bits per heavy atom. The zero-order chi connectivity index (χ0) is 14.4. The van der Waals surface area contributed by atoms with Crippen LogP contribution in [0.2, 0.25) is 0 Å². The van der Waals surface area contributed by atoms with Crippen LogP contribution in [0.4, 0.5) is 0 Å². The first-order valence-electron chi connectivity index (χ1n) is 6.18. The highest BCUT2D eigenvalue weighted by Gasteiger charge is 2.10. The van der Waals surface area contributed by atoms with Crippen LogP contribution in [0.1, 0.15) is 27.4 Å². The van der Waals surface area contributed by atoms with Crippen molar-refractivity contribution in [1.82, 2.24) is 10.5 Å². The van der Waals surface area contributed by atoms with Gasteiger partial charge in [0.25, 0.3) is 5.91 Å². The fourth-order valence-corrected chi connectivity index (χ4v) is 1.66. The van der Waals surface area contributed by atoms with Gasteiger partial charge in [-0.15, -0.1) is 0 Å². The third-order valence-electron chi connectivity index (χ3n) is 2.58. The van der Waals surface area contributed by atoms with E-state index in [0.29, 0.717) is 18.8 Å². The summed E-state index contributed by atoms with van der Waals surface area (Å²) in [5.74, 6) is 6.09. The number of hydrogen-bond donors (Lipinski definition) is 2. The van der Waals surface area contributed by atoms with Gasteiger partial charge in [0.2, 0.25) is 0 Å². The lowest BCUT2D eigenvalue weighted by atomic mass is 10.1. The number of rotatable bonds is 3. The molecule has 0 saturated heterocycles. The van der Waals surface area contributed by atoms with Crippen molar-refractivity contribution in [3.63, 3.8) is 0 Å². The second kappa shape index (κ2) is 6.55. The lowest BCUT2D eigenvalue weighted by Crippen LogP contribution is -2.23. The molecule has 1 aromatic heterocycles. The van der Waals surface area contributed by atoms with Gasteiger partial charge >= 0.3 is 0 Å². The van der Waals surface area contributed by atoms with Gasteiger partial charge in [0.15, 0.2) is 5.69 Å². The maximum atomic E-state index is 11.8. The lowest BCUT2D eigenvalue weighted by molar-refractivity contribution is 0.0942. The molecule has 0 radical (unpaired) electrons. The summed E-state index contributed by atoms with van der Waals surface area (Å²) in [5, 5.41) is 6.44. The molecule has 0 aliphatic heterocycles. The van der Waals surface area contributed by atoms with Gasteiger partial charge in [-0.25, -0.2) is 0 Å². The van der Waals surface area contributed by atoms with E-state index >= 15 is 0 Å². The molecule has 0 atom stereocenters. The number of aryl methyl sites for hydroxylation is 1. The van der Waals surface area contributed by atoms with Crippen LogP contribution >= 0.6 is 0 Å². The number of amides is 1. The molecule has 0 aliphatic rings. The Bertz CT molecular complexity index is 665. The zero-order valence-electron chi connectivity index (χ0n) is 11.1. The summed E-state index contributed by atoms with van der Waals surface area (Å²) >= 11 is 0. The molecule has 0 unspecified atom stereocenters. The third kappa shape index (κ3) is 3.70. The van der Waals surface area contributed by atoms with Crippen molar-refractivity contribution in [3.8, 4) is 11.8 Å². The predicted octanol–water partition coefficient (Wildman–Crippen LogP) is 1.22. The molecule has 5 nitrogen and oxygen atoms in total. The number of hydrogen-bond acceptors (Lipinski definition) is 4. The Balaban J connectivity index is 1.98. The van der Waals surface area contributed by atoms with E-state index < -0.39 is 0 Å². The number of carbonyl (C=O) groups excluding carboxylic acids is 1. The van der Waals surface area contributed by atoms with Crippen LogP contribution in [0, 0.1) is 18.8 Å². The van der Waals surface area contributed by atoms with Gasteiger partial charge in [-0.3, -0.25) is 4.79 Å². The highest BCUT2D eigenvalue weighted by molar-refractivity contribution is 5.92. The maximum absolute atomic E-state index is 11.8. The summed E-state index contributed by atoms with van der Waals surface area (Å²) in [4.78, 5) is 11.8. The molecule has 1 heterocycles. The normalized spacial score (nSPS) is 9.70. The summed E-state index contributed by atoms with van der Waals surface area (Å²) in [6, 6.07) is 9.22. The highest BCUT2D eigenvalue weighted by atomic mass is 16.5. The highest BCUT2D eigenvalue weighted by Crippen LogP contribution is 2.05. The Labute approximate surface area is 117 Å². The fourth-order valence-electron chi connectivity index (χ4n) is 1.66. The number of nitrogens with two attached hydrogens (primary N) is 1. The number of aromatic nitrogens is 1. The molecule has 102 valence electrons. The van der Waals surface area contributed by atoms with Crippen molar-refractivity contribution in [2.75, 3.05) is 6.54 Å². The standard InChI is InChI=1S/C15H15N3O2/c1-11-8-14(18-20-11)15(19)17-10-13-5-2-4-12(9-13)6-3-7-16/h2,4-5,8-9H,7,10,16H2,1H3,(H,17,19). The van der Waals surface area contributed by atoms with E-state index in [2.05, 4.69) is 22.3 Å². The van der Waals surface area contributed by atoms with Crippen LogP contribution in [-0.2, 0) is 6.54 Å². The Morgan fingerprint density at radius 1 is 1.45 bits per heavy atom. The molecule has 0 spiro atoms. The third-order valence-corrected chi connectivity index (χ3v) is 2.58. The fraction of sp³-hybridized carbons (Fsp3) is 0.200. The molecular formula is C15H15N3O2. The van der Waals surface area contributed by atoms with Crippen molar-refractivity contribution in [3.05, 3.63) is 52.9 Å². The molecule has 1 amide bonds. The van der Waals surface area contributed by atoms with Gasteiger partial charge in [-0.1, -0.05) is 29.1 Å². The van der Waals surface area contributed by atoms with Crippen molar-refractivity contribution < 1.29 is 9.32 Å². The van der Waals surface area contributed by atoms with Gasteiger partial charge < -0.3 is 15.6 Å². The summed E-state index contributed by atoms with van der Waals surface area (Å²) < 4.78 is 4.86. The number of benzene rings is 1. The molecule has 0 saturated carbocycles. The topological polar surface area (TPSA) is 81.2 Å². The lowest BCUT2D eigenvalue weighted by Gasteiger charge is -2.03. The quantitative estimate of drug-likeness (QED) is 0.821. The molecule has 2 aromatic rings.